The number of carbonyl (C=O) groups excluding carboxylic acids is 1. The number of carbonyl (C=O) groups is 1. The molecule has 1 aromatic rings. The second kappa shape index (κ2) is 6.44. The molecule has 18 heavy (non-hydrogen) atoms. The average molecular weight is 256 g/mol. The van der Waals surface area contributed by atoms with Crippen molar-refractivity contribution in [3.63, 3.8) is 0 Å². The van der Waals surface area contributed by atoms with Gasteiger partial charge in [-0.2, -0.15) is 0 Å². The van der Waals surface area contributed by atoms with Crippen LogP contribution in [0.2, 0.25) is 0 Å². The third kappa shape index (κ3) is 3.77. The summed E-state index contributed by atoms with van der Waals surface area (Å²) in [5, 5.41) is 5.64. The van der Waals surface area contributed by atoms with E-state index >= 15 is 0 Å². The van der Waals surface area contributed by atoms with E-state index in [-0.39, 0.29) is 11.9 Å². The number of hydrogen-bond acceptors (Lipinski definition) is 2. The highest BCUT2D eigenvalue weighted by Crippen LogP contribution is 2.18. The maximum absolute atomic E-state index is 13.2. The molecule has 1 rings (SSSR count). The summed E-state index contributed by atoms with van der Waals surface area (Å²) in [5.41, 5.74) is 0.460. The Morgan fingerprint density at radius 3 is 2.44 bits per heavy atom. The van der Waals surface area contributed by atoms with Gasteiger partial charge in [-0.3, -0.25) is 4.79 Å². The lowest BCUT2D eigenvalue weighted by molar-refractivity contribution is -0.122. The van der Waals surface area contributed by atoms with E-state index in [4.69, 9.17) is 0 Å². The first kappa shape index (κ1) is 14.6. The van der Waals surface area contributed by atoms with E-state index in [1.54, 1.807) is 0 Å². The highest BCUT2D eigenvalue weighted by atomic mass is 19.2. The van der Waals surface area contributed by atoms with E-state index in [1.807, 2.05) is 13.8 Å². The van der Waals surface area contributed by atoms with Gasteiger partial charge in [0.15, 0.2) is 11.6 Å². The fourth-order valence-electron chi connectivity index (χ4n) is 1.62. The molecule has 0 aliphatic rings. The van der Waals surface area contributed by atoms with Crippen LogP contribution in [0.1, 0.15) is 25.3 Å². The third-order valence-corrected chi connectivity index (χ3v) is 2.64. The molecule has 0 spiro atoms. The van der Waals surface area contributed by atoms with Crippen molar-refractivity contribution < 1.29 is 13.6 Å². The van der Waals surface area contributed by atoms with Crippen LogP contribution in [0.5, 0.6) is 0 Å². The standard InChI is InChI=1S/C13H18F2N2O/c1-8(2)17-7-10(13(18)16-3)9-4-5-11(14)12(15)6-9/h4-6,8,10,17H,7H2,1-3H3,(H,16,18). The van der Waals surface area contributed by atoms with Crippen molar-refractivity contribution >= 4 is 5.91 Å². The molecule has 1 atom stereocenters. The molecule has 3 nitrogen and oxygen atoms in total. The molecule has 0 saturated heterocycles. The molecule has 0 aliphatic heterocycles. The van der Waals surface area contributed by atoms with Crippen LogP contribution < -0.4 is 10.6 Å². The summed E-state index contributed by atoms with van der Waals surface area (Å²) in [5.74, 6) is -2.61. The second-order valence-electron chi connectivity index (χ2n) is 4.40. The van der Waals surface area contributed by atoms with Crippen molar-refractivity contribution in [3.8, 4) is 0 Å². The summed E-state index contributed by atoms with van der Waals surface area (Å²) < 4.78 is 26.0. The Kier molecular flexibility index (Phi) is 5.22. The van der Waals surface area contributed by atoms with E-state index in [9.17, 15) is 13.6 Å². The minimum Gasteiger partial charge on any atom is -0.359 e. The summed E-state index contributed by atoms with van der Waals surface area (Å²) in [6.07, 6.45) is 0. The van der Waals surface area contributed by atoms with Gasteiger partial charge in [0, 0.05) is 19.6 Å². The zero-order valence-electron chi connectivity index (χ0n) is 10.8. The molecule has 0 radical (unpaired) electrons. The van der Waals surface area contributed by atoms with E-state index < -0.39 is 17.6 Å². The topological polar surface area (TPSA) is 41.1 Å². The zero-order chi connectivity index (χ0) is 13.7. The fourth-order valence-corrected chi connectivity index (χ4v) is 1.62. The van der Waals surface area contributed by atoms with Gasteiger partial charge in [-0.05, 0) is 17.7 Å². The number of benzene rings is 1. The Labute approximate surface area is 106 Å². The SMILES string of the molecule is CNC(=O)C(CNC(C)C)c1ccc(F)c(F)c1. The molecule has 0 bridgehead atoms. The number of hydrogen-bond donors (Lipinski definition) is 2. The highest BCUT2D eigenvalue weighted by Gasteiger charge is 2.20. The summed E-state index contributed by atoms with van der Waals surface area (Å²) in [6.45, 7) is 4.28. The zero-order valence-corrected chi connectivity index (χ0v) is 10.8. The maximum Gasteiger partial charge on any atom is 0.228 e. The molecule has 2 N–H and O–H groups in total. The average Bonchev–Trinajstić information content (AvgIpc) is 2.33. The quantitative estimate of drug-likeness (QED) is 0.843. The molecule has 0 aliphatic carbocycles. The number of likely N-dealkylation sites (N-methyl/N-ethyl adjacent to an activating group) is 1. The van der Waals surface area contributed by atoms with Gasteiger partial charge in [-0.25, -0.2) is 8.78 Å². The van der Waals surface area contributed by atoms with Crippen LogP contribution >= 0.6 is 0 Å². The van der Waals surface area contributed by atoms with Gasteiger partial charge < -0.3 is 10.6 Å². The molecule has 5 heteroatoms. The van der Waals surface area contributed by atoms with Crippen LogP contribution in [0, 0.1) is 11.6 Å². The van der Waals surface area contributed by atoms with Gasteiger partial charge in [0.2, 0.25) is 5.91 Å². The molecule has 1 unspecified atom stereocenters. The fraction of sp³-hybridized carbons (Fsp3) is 0.462. The second-order valence-corrected chi connectivity index (χ2v) is 4.40. The Hall–Kier alpha value is -1.49. The van der Waals surface area contributed by atoms with Crippen LogP contribution in [0.4, 0.5) is 8.78 Å². The predicted octanol–water partition coefficient (Wildman–Crippen LogP) is 1.79. The van der Waals surface area contributed by atoms with Crippen molar-refractivity contribution in [2.75, 3.05) is 13.6 Å². The van der Waals surface area contributed by atoms with Crippen LogP contribution in [0.3, 0.4) is 0 Å². The van der Waals surface area contributed by atoms with Gasteiger partial charge in [0.1, 0.15) is 0 Å². The predicted molar refractivity (Wildman–Crippen MR) is 66.3 cm³/mol. The van der Waals surface area contributed by atoms with Crippen LogP contribution in [-0.2, 0) is 4.79 Å². The molecule has 0 fully saturated rings. The highest BCUT2D eigenvalue weighted by molar-refractivity contribution is 5.83. The van der Waals surface area contributed by atoms with Gasteiger partial charge >= 0.3 is 0 Å². The molecule has 0 aromatic heterocycles. The third-order valence-electron chi connectivity index (χ3n) is 2.64. The number of amides is 1. The maximum atomic E-state index is 13.2. The monoisotopic (exact) mass is 256 g/mol. The van der Waals surface area contributed by atoms with Crippen molar-refractivity contribution in [2.24, 2.45) is 0 Å². The smallest absolute Gasteiger partial charge is 0.228 e. The van der Waals surface area contributed by atoms with E-state index in [0.717, 1.165) is 12.1 Å². The lowest BCUT2D eigenvalue weighted by Gasteiger charge is -2.18. The Morgan fingerprint density at radius 2 is 1.94 bits per heavy atom. The van der Waals surface area contributed by atoms with Crippen molar-refractivity contribution in [1.82, 2.24) is 10.6 Å². The lowest BCUT2D eigenvalue weighted by atomic mass is 9.97. The first-order valence-electron chi connectivity index (χ1n) is 5.85. The molecule has 0 heterocycles. The van der Waals surface area contributed by atoms with E-state index in [0.29, 0.717) is 12.1 Å². The minimum atomic E-state index is -0.939. The molecule has 100 valence electrons. The summed E-state index contributed by atoms with van der Waals surface area (Å²) in [4.78, 5) is 11.8. The normalized spacial score (nSPS) is 12.6. The van der Waals surface area contributed by atoms with E-state index in [1.165, 1.54) is 13.1 Å². The van der Waals surface area contributed by atoms with Crippen molar-refractivity contribution in [3.05, 3.63) is 35.4 Å². The van der Waals surface area contributed by atoms with Gasteiger partial charge in [0.25, 0.3) is 0 Å². The van der Waals surface area contributed by atoms with Gasteiger partial charge in [0.05, 0.1) is 5.92 Å². The molecule has 0 saturated carbocycles. The molecular formula is C13H18F2N2O. The Morgan fingerprint density at radius 1 is 1.28 bits per heavy atom. The molecule has 1 aromatic carbocycles. The van der Waals surface area contributed by atoms with Crippen LogP contribution in [0.15, 0.2) is 18.2 Å². The minimum absolute atomic E-state index is 0.211. The summed E-state index contributed by atoms with van der Waals surface area (Å²) >= 11 is 0. The largest absolute Gasteiger partial charge is 0.359 e. The van der Waals surface area contributed by atoms with Gasteiger partial charge in [-0.15, -0.1) is 0 Å². The first-order valence-corrected chi connectivity index (χ1v) is 5.85. The van der Waals surface area contributed by atoms with Crippen LogP contribution in [0.25, 0.3) is 0 Å². The number of rotatable bonds is 5. The number of halogens is 2. The Bertz CT molecular complexity index is 421. The first-order chi connectivity index (χ1) is 8.45. The molecule has 1 amide bonds. The number of nitrogens with one attached hydrogen (secondary N) is 2. The van der Waals surface area contributed by atoms with Crippen LogP contribution in [-0.4, -0.2) is 25.5 Å². The Balaban J connectivity index is 2.94. The molecular weight excluding hydrogens is 238 g/mol. The summed E-state index contributed by atoms with van der Waals surface area (Å²) in [6, 6.07) is 3.75. The lowest BCUT2D eigenvalue weighted by Crippen LogP contribution is -2.36. The van der Waals surface area contributed by atoms with Crippen molar-refractivity contribution in [2.45, 2.75) is 25.8 Å². The van der Waals surface area contributed by atoms with E-state index in [2.05, 4.69) is 10.6 Å². The van der Waals surface area contributed by atoms with Gasteiger partial charge in [-0.1, -0.05) is 19.9 Å². The van der Waals surface area contributed by atoms with Crippen molar-refractivity contribution in [1.29, 1.82) is 0 Å². The summed E-state index contributed by atoms with van der Waals surface area (Å²) in [7, 11) is 1.52.